The molecule has 0 aromatic carbocycles. The fraction of sp³-hybridized carbons (Fsp3) is 0.714. The van der Waals surface area contributed by atoms with Crippen molar-refractivity contribution in [1.29, 1.82) is 0 Å². The molecule has 0 saturated heterocycles. The number of hydrogen-bond donors (Lipinski definition) is 1. The van der Waals surface area contributed by atoms with Crippen molar-refractivity contribution in [2.45, 2.75) is 51.6 Å². The molecule has 1 aliphatic rings. The first kappa shape index (κ1) is 15.0. The van der Waals surface area contributed by atoms with Crippen molar-refractivity contribution in [1.82, 2.24) is 9.97 Å². The molecule has 2 rings (SSSR count). The van der Waals surface area contributed by atoms with E-state index in [2.05, 4.69) is 39.5 Å². The second kappa shape index (κ2) is 6.83. The number of nitrogens with zero attached hydrogens (tertiary/aromatic N) is 2. The summed E-state index contributed by atoms with van der Waals surface area (Å²) in [7, 11) is 1.75. The molecule has 0 amide bonds. The van der Waals surface area contributed by atoms with E-state index >= 15 is 0 Å². The van der Waals surface area contributed by atoms with Crippen LogP contribution in [0.5, 0.6) is 0 Å². The van der Waals surface area contributed by atoms with E-state index in [0.717, 1.165) is 21.5 Å². The Morgan fingerprint density at radius 2 is 2.00 bits per heavy atom. The van der Waals surface area contributed by atoms with Crippen molar-refractivity contribution in [2.24, 2.45) is 5.92 Å². The summed E-state index contributed by atoms with van der Waals surface area (Å²) in [6.07, 6.45) is 7.17. The van der Waals surface area contributed by atoms with E-state index in [1.165, 1.54) is 32.1 Å². The highest BCUT2D eigenvalue weighted by molar-refractivity contribution is 14.1. The van der Waals surface area contributed by atoms with Crippen LogP contribution in [-0.2, 0) is 11.2 Å². The van der Waals surface area contributed by atoms with Crippen LogP contribution in [0.2, 0.25) is 0 Å². The largest absolute Gasteiger partial charge is 0.383 e. The first-order chi connectivity index (χ1) is 9.17. The third kappa shape index (κ3) is 3.37. The van der Waals surface area contributed by atoms with Crippen molar-refractivity contribution < 1.29 is 4.74 Å². The summed E-state index contributed by atoms with van der Waals surface area (Å²) in [5, 5.41) is 0. The third-order valence-corrected chi connectivity index (χ3v) is 5.06. The molecular formula is C14H22IN3O. The van der Waals surface area contributed by atoms with Gasteiger partial charge in [0.1, 0.15) is 11.9 Å². The zero-order valence-corrected chi connectivity index (χ0v) is 13.8. The number of ether oxygens (including phenoxy) is 1. The first-order valence-corrected chi connectivity index (χ1v) is 8.09. The summed E-state index contributed by atoms with van der Waals surface area (Å²) < 4.78 is 6.66. The highest BCUT2D eigenvalue weighted by Gasteiger charge is 2.28. The molecule has 5 heteroatoms. The maximum Gasteiger partial charge on any atom is 0.160 e. The fourth-order valence-electron chi connectivity index (χ4n) is 2.84. The van der Waals surface area contributed by atoms with Gasteiger partial charge in [-0.2, -0.15) is 0 Å². The van der Waals surface area contributed by atoms with Gasteiger partial charge in [0.15, 0.2) is 5.82 Å². The van der Waals surface area contributed by atoms with E-state index in [9.17, 15) is 0 Å². The van der Waals surface area contributed by atoms with Gasteiger partial charge in [-0.3, -0.25) is 0 Å². The lowest BCUT2D eigenvalue weighted by atomic mass is 9.85. The van der Waals surface area contributed by atoms with E-state index in [-0.39, 0.29) is 6.10 Å². The second-order valence-electron chi connectivity index (χ2n) is 5.14. The molecule has 0 bridgehead atoms. The van der Waals surface area contributed by atoms with Crippen LogP contribution in [-0.4, -0.2) is 17.1 Å². The van der Waals surface area contributed by atoms with E-state index in [1.54, 1.807) is 7.11 Å². The SMILES string of the molecule is CCc1nc(C(OC)C2CCCCC2)nc(N)c1I. The zero-order valence-electron chi connectivity index (χ0n) is 11.7. The van der Waals surface area contributed by atoms with Crippen molar-refractivity contribution >= 4 is 28.4 Å². The quantitative estimate of drug-likeness (QED) is 0.819. The summed E-state index contributed by atoms with van der Waals surface area (Å²) in [5.41, 5.74) is 7.03. The van der Waals surface area contributed by atoms with Crippen molar-refractivity contribution in [3.8, 4) is 0 Å². The minimum atomic E-state index is -0.00935. The molecule has 0 aliphatic heterocycles. The highest BCUT2D eigenvalue weighted by atomic mass is 127. The van der Waals surface area contributed by atoms with Crippen molar-refractivity contribution in [2.75, 3.05) is 12.8 Å². The van der Waals surface area contributed by atoms with Crippen LogP contribution in [0.4, 0.5) is 5.82 Å². The number of halogens is 1. The summed E-state index contributed by atoms with van der Waals surface area (Å²) in [6, 6.07) is 0. The molecule has 1 aromatic rings. The molecule has 1 aliphatic carbocycles. The summed E-state index contributed by atoms with van der Waals surface area (Å²) >= 11 is 2.22. The van der Waals surface area contributed by atoms with Crippen molar-refractivity contribution in [3.05, 3.63) is 15.1 Å². The van der Waals surface area contributed by atoms with Gasteiger partial charge in [0.25, 0.3) is 0 Å². The minimum absolute atomic E-state index is 0.00935. The number of aromatic nitrogens is 2. The predicted octanol–water partition coefficient (Wildman–Crippen LogP) is 3.49. The monoisotopic (exact) mass is 375 g/mol. The van der Waals surface area contributed by atoms with Gasteiger partial charge in [0.2, 0.25) is 0 Å². The molecule has 1 aromatic heterocycles. The van der Waals surface area contributed by atoms with Gasteiger partial charge in [-0.05, 0) is 47.8 Å². The van der Waals surface area contributed by atoms with Crippen LogP contribution in [0.25, 0.3) is 0 Å². The summed E-state index contributed by atoms with van der Waals surface area (Å²) in [5.74, 6) is 1.88. The molecule has 1 heterocycles. The van der Waals surface area contributed by atoms with E-state index in [4.69, 9.17) is 10.5 Å². The van der Waals surface area contributed by atoms with Gasteiger partial charge in [0, 0.05) is 7.11 Å². The predicted molar refractivity (Wildman–Crippen MR) is 84.9 cm³/mol. The maximum absolute atomic E-state index is 6.00. The topological polar surface area (TPSA) is 61.0 Å². The van der Waals surface area contributed by atoms with Gasteiger partial charge >= 0.3 is 0 Å². The Morgan fingerprint density at radius 1 is 1.32 bits per heavy atom. The molecule has 0 spiro atoms. The number of nitrogen functional groups attached to an aromatic ring is 1. The number of nitrogens with two attached hydrogens (primary N) is 1. The number of hydrogen-bond acceptors (Lipinski definition) is 4. The van der Waals surface area contributed by atoms with E-state index in [1.807, 2.05) is 0 Å². The number of methoxy groups -OCH3 is 1. The van der Waals surface area contributed by atoms with Gasteiger partial charge in [0.05, 0.1) is 9.26 Å². The average Bonchev–Trinajstić information content (AvgIpc) is 2.44. The molecular weight excluding hydrogens is 353 g/mol. The summed E-state index contributed by atoms with van der Waals surface area (Å²) in [6.45, 7) is 2.09. The van der Waals surface area contributed by atoms with Crippen LogP contribution in [0.15, 0.2) is 0 Å². The normalized spacial score (nSPS) is 18.5. The summed E-state index contributed by atoms with van der Waals surface area (Å²) in [4.78, 5) is 9.14. The van der Waals surface area contributed by atoms with Gasteiger partial charge in [-0.1, -0.05) is 26.2 Å². The van der Waals surface area contributed by atoms with Crippen LogP contribution in [0, 0.1) is 9.49 Å². The van der Waals surface area contributed by atoms with Crippen LogP contribution in [0.3, 0.4) is 0 Å². The smallest absolute Gasteiger partial charge is 0.160 e. The minimum Gasteiger partial charge on any atom is -0.383 e. The Balaban J connectivity index is 2.29. The van der Waals surface area contributed by atoms with Crippen LogP contribution < -0.4 is 5.73 Å². The molecule has 0 radical (unpaired) electrons. The second-order valence-corrected chi connectivity index (χ2v) is 6.21. The number of anilines is 1. The zero-order chi connectivity index (χ0) is 13.8. The van der Waals surface area contributed by atoms with Gasteiger partial charge in [-0.25, -0.2) is 9.97 Å². The lowest BCUT2D eigenvalue weighted by Gasteiger charge is -2.28. The van der Waals surface area contributed by atoms with Crippen molar-refractivity contribution in [3.63, 3.8) is 0 Å². The van der Waals surface area contributed by atoms with Gasteiger partial charge in [-0.15, -0.1) is 0 Å². The van der Waals surface area contributed by atoms with E-state index < -0.39 is 0 Å². The molecule has 1 atom stereocenters. The lowest BCUT2D eigenvalue weighted by molar-refractivity contribution is 0.0288. The highest BCUT2D eigenvalue weighted by Crippen LogP contribution is 2.35. The average molecular weight is 375 g/mol. The Bertz CT molecular complexity index is 433. The van der Waals surface area contributed by atoms with Crippen LogP contribution >= 0.6 is 22.6 Å². The van der Waals surface area contributed by atoms with E-state index in [0.29, 0.717) is 11.7 Å². The molecule has 1 fully saturated rings. The standard InChI is InChI=1S/C14H22IN3O/c1-3-10-11(15)13(16)18-14(17-10)12(19-2)9-7-5-4-6-8-9/h9,12H,3-8H2,1-2H3,(H2,16,17,18). The molecule has 2 N–H and O–H groups in total. The Labute approximate surface area is 128 Å². The molecule has 1 saturated carbocycles. The lowest BCUT2D eigenvalue weighted by Crippen LogP contribution is -2.21. The van der Waals surface area contributed by atoms with Gasteiger partial charge < -0.3 is 10.5 Å². The number of rotatable bonds is 4. The Morgan fingerprint density at radius 3 is 2.58 bits per heavy atom. The molecule has 19 heavy (non-hydrogen) atoms. The number of aryl methyl sites for hydroxylation is 1. The molecule has 106 valence electrons. The first-order valence-electron chi connectivity index (χ1n) is 7.02. The molecule has 4 nitrogen and oxygen atoms in total. The maximum atomic E-state index is 6.00. The Kier molecular flexibility index (Phi) is 5.38. The molecule has 1 unspecified atom stereocenters. The third-order valence-electron chi connectivity index (χ3n) is 3.88. The van der Waals surface area contributed by atoms with Crippen LogP contribution in [0.1, 0.15) is 56.7 Å². The Hall–Kier alpha value is -0.430. The fourth-order valence-corrected chi connectivity index (χ4v) is 3.46.